The predicted molar refractivity (Wildman–Crippen MR) is 251 cm³/mol. The third-order valence-corrected chi connectivity index (χ3v) is 20.7. The summed E-state index contributed by atoms with van der Waals surface area (Å²) in [5, 5.41) is 127. The molecule has 9 rings (SSSR count). The normalized spacial score (nSPS) is 52.7. The molecule has 4 aliphatic heterocycles. The number of ether oxygens (including phenoxy) is 8. The average molecular weight is 1060 g/mol. The van der Waals surface area contributed by atoms with Gasteiger partial charge >= 0.3 is 11.9 Å². The Labute approximate surface area is 430 Å². The van der Waals surface area contributed by atoms with Gasteiger partial charge in [0.25, 0.3) is 0 Å². The van der Waals surface area contributed by atoms with Crippen LogP contribution in [0.5, 0.6) is 0 Å². The van der Waals surface area contributed by atoms with E-state index in [2.05, 4.69) is 54.5 Å². The number of carbonyl (C=O) groups excluding carboxylic acids is 1. The fraction of sp³-hybridized carbons (Fsp3) is 0.923. The highest BCUT2D eigenvalue weighted by molar-refractivity contribution is 5.79. The van der Waals surface area contributed by atoms with Crippen LogP contribution in [0.25, 0.3) is 0 Å². The van der Waals surface area contributed by atoms with Crippen molar-refractivity contribution in [3.05, 3.63) is 11.6 Å². The number of hydrogen-bond acceptors (Lipinski definition) is 21. The molecule has 22 nitrogen and oxygen atoms in total. The number of fused-ring (bicyclic) bond motifs is 7. The number of hydrogen-bond donors (Lipinski definition) is 12. The molecular formula is C52H82O22. The Bertz CT molecular complexity index is 2090. The first kappa shape index (κ1) is 56.7. The van der Waals surface area contributed by atoms with Gasteiger partial charge in [0.15, 0.2) is 25.0 Å². The van der Waals surface area contributed by atoms with Gasteiger partial charge in [-0.15, -0.1) is 0 Å². The third kappa shape index (κ3) is 8.94. The number of aliphatic hydroxyl groups is 11. The molecule has 0 aromatic rings. The van der Waals surface area contributed by atoms with Crippen molar-refractivity contribution in [2.45, 2.75) is 229 Å². The molecule has 22 heteroatoms. The molecule has 0 aromatic heterocycles. The summed E-state index contributed by atoms with van der Waals surface area (Å²) in [4.78, 5) is 27.8. The molecule has 4 saturated carbocycles. The number of carboxylic acid groups (broad SMARTS) is 1. The zero-order valence-electron chi connectivity index (χ0n) is 43.4. The molecule has 0 bridgehead atoms. The topological polar surface area (TPSA) is 351 Å². The maximum Gasteiger partial charge on any atom is 0.335 e. The van der Waals surface area contributed by atoms with Gasteiger partial charge in [0.05, 0.1) is 31.3 Å². The largest absolute Gasteiger partial charge is 0.479 e. The van der Waals surface area contributed by atoms with Crippen LogP contribution in [-0.4, -0.2) is 210 Å². The summed E-state index contributed by atoms with van der Waals surface area (Å²) in [7, 11) is 0. The molecule has 422 valence electrons. The maximum atomic E-state index is 14.7. The highest BCUT2D eigenvalue weighted by atomic mass is 16.8. The minimum atomic E-state index is -1.97. The van der Waals surface area contributed by atoms with Crippen molar-refractivity contribution in [3.8, 4) is 0 Å². The van der Waals surface area contributed by atoms with Gasteiger partial charge in [-0.1, -0.05) is 60.1 Å². The Hall–Kier alpha value is -2.04. The Morgan fingerprint density at radius 1 is 0.581 bits per heavy atom. The van der Waals surface area contributed by atoms with Crippen molar-refractivity contribution in [2.24, 2.45) is 50.2 Å². The molecule has 0 spiro atoms. The van der Waals surface area contributed by atoms with E-state index in [0.717, 1.165) is 32.1 Å². The van der Waals surface area contributed by atoms with E-state index in [9.17, 15) is 70.9 Å². The molecule has 0 amide bonds. The van der Waals surface area contributed by atoms with Gasteiger partial charge in [-0.05, 0) is 109 Å². The van der Waals surface area contributed by atoms with Crippen molar-refractivity contribution in [2.75, 3.05) is 19.8 Å². The molecule has 4 heterocycles. The molecule has 0 radical (unpaired) electrons. The predicted octanol–water partition coefficient (Wildman–Crippen LogP) is -0.665. The number of carboxylic acids is 1. The monoisotopic (exact) mass is 1060 g/mol. The highest BCUT2D eigenvalue weighted by Crippen LogP contribution is 2.76. The third-order valence-electron chi connectivity index (χ3n) is 20.7. The van der Waals surface area contributed by atoms with E-state index in [1.54, 1.807) is 0 Å². The number of carbonyl (C=O) groups is 2. The highest BCUT2D eigenvalue weighted by Gasteiger charge is 2.70. The number of aliphatic carboxylic acids is 1. The van der Waals surface area contributed by atoms with Gasteiger partial charge < -0.3 is 99.2 Å². The van der Waals surface area contributed by atoms with E-state index in [1.807, 2.05) is 0 Å². The summed E-state index contributed by atoms with van der Waals surface area (Å²) in [6, 6.07) is 0. The Balaban J connectivity index is 0.964. The molecule has 5 aliphatic carbocycles. The Kier molecular flexibility index (Phi) is 15.5. The molecule has 74 heavy (non-hydrogen) atoms. The van der Waals surface area contributed by atoms with Gasteiger partial charge in [0, 0.05) is 0 Å². The summed E-state index contributed by atoms with van der Waals surface area (Å²) in [6.45, 7) is 13.7. The Morgan fingerprint density at radius 3 is 1.69 bits per heavy atom. The smallest absolute Gasteiger partial charge is 0.335 e. The molecule has 4 saturated heterocycles. The van der Waals surface area contributed by atoms with E-state index in [-0.39, 0.29) is 39.4 Å². The number of aliphatic hydroxyl groups excluding tert-OH is 11. The summed E-state index contributed by atoms with van der Waals surface area (Å²) in [5.74, 6) is -2.05. The van der Waals surface area contributed by atoms with Crippen LogP contribution < -0.4 is 0 Å². The van der Waals surface area contributed by atoms with Gasteiger partial charge in [-0.25, -0.2) is 4.79 Å². The summed E-state index contributed by atoms with van der Waals surface area (Å²) in [5.41, 5.74) is -1.20. The van der Waals surface area contributed by atoms with Gasteiger partial charge in [0.1, 0.15) is 79.4 Å². The van der Waals surface area contributed by atoms with Crippen LogP contribution in [0.15, 0.2) is 11.6 Å². The molecule has 26 atom stereocenters. The second-order valence-corrected chi connectivity index (χ2v) is 25.3. The fourth-order valence-corrected chi connectivity index (χ4v) is 16.1. The van der Waals surface area contributed by atoms with Crippen LogP contribution >= 0.6 is 0 Å². The van der Waals surface area contributed by atoms with Crippen LogP contribution in [0.2, 0.25) is 0 Å². The zero-order valence-corrected chi connectivity index (χ0v) is 43.4. The fourth-order valence-electron chi connectivity index (χ4n) is 16.1. The molecular weight excluding hydrogens is 977 g/mol. The summed E-state index contributed by atoms with van der Waals surface area (Å²) in [6.07, 6.45) is -21.1. The Morgan fingerprint density at radius 2 is 1.11 bits per heavy atom. The second kappa shape index (κ2) is 20.3. The lowest BCUT2D eigenvalue weighted by molar-refractivity contribution is -0.360. The number of esters is 1. The molecule has 0 aromatic carbocycles. The molecule has 8 fully saturated rings. The molecule has 0 unspecified atom stereocenters. The number of rotatable bonds is 12. The van der Waals surface area contributed by atoms with E-state index >= 15 is 0 Å². The van der Waals surface area contributed by atoms with Crippen LogP contribution in [0.3, 0.4) is 0 Å². The minimum Gasteiger partial charge on any atom is -0.479 e. The minimum absolute atomic E-state index is 0.0557. The lowest BCUT2D eigenvalue weighted by Gasteiger charge is -2.71. The van der Waals surface area contributed by atoms with Crippen molar-refractivity contribution >= 4 is 11.9 Å². The lowest BCUT2D eigenvalue weighted by atomic mass is 9.33. The van der Waals surface area contributed by atoms with Crippen molar-refractivity contribution < 1.29 is 109 Å². The van der Waals surface area contributed by atoms with Crippen LogP contribution in [0, 0.1) is 50.2 Å². The van der Waals surface area contributed by atoms with Gasteiger partial charge in [0.2, 0.25) is 6.29 Å². The number of allylic oxidation sites excluding steroid dienone is 2. The van der Waals surface area contributed by atoms with Crippen molar-refractivity contribution in [1.29, 1.82) is 0 Å². The molecule has 12 N–H and O–H groups in total. The average Bonchev–Trinajstić information content (AvgIpc) is 3.78. The first-order valence-electron chi connectivity index (χ1n) is 26.6. The van der Waals surface area contributed by atoms with Gasteiger partial charge in [-0.3, -0.25) is 4.79 Å². The SMILES string of the molecule is CC1(C)CC[C@@]2(C(=O)O[C@@H]3O[C@@H](CO)[C@H](O)[C@H](O)[C@@H]3O)CC[C@@]3(C)C(=CC[C@@H]4[C@]5(C)CC[C@H](O[C@@H]6O[C@@H](C(=O)O)[C@H](O[C@H]7O[C@@H](CO)[C@@H](O)[C@H]7O)[C@H](O[C@H]7O[C@@H](CO)[C@@H](O)[C@@H]7O)[C@@H]6O)C(C)(C)[C@H]5CC[C@]43C)[C@H]2C1. The summed E-state index contributed by atoms with van der Waals surface area (Å²) < 4.78 is 47.5. The first-order chi connectivity index (χ1) is 34.6. The van der Waals surface area contributed by atoms with E-state index < -0.39 is 159 Å². The van der Waals surface area contributed by atoms with E-state index in [0.29, 0.717) is 32.1 Å². The lowest BCUT2D eigenvalue weighted by Crippen LogP contribution is -2.67. The van der Waals surface area contributed by atoms with E-state index in [1.165, 1.54) is 5.57 Å². The second-order valence-electron chi connectivity index (χ2n) is 25.3. The van der Waals surface area contributed by atoms with Crippen LogP contribution in [-0.2, 0) is 47.5 Å². The van der Waals surface area contributed by atoms with Crippen molar-refractivity contribution in [1.82, 2.24) is 0 Å². The zero-order chi connectivity index (χ0) is 54.0. The van der Waals surface area contributed by atoms with Gasteiger partial charge in [-0.2, -0.15) is 0 Å². The molecule has 9 aliphatic rings. The summed E-state index contributed by atoms with van der Waals surface area (Å²) >= 11 is 0. The first-order valence-corrected chi connectivity index (χ1v) is 26.6. The van der Waals surface area contributed by atoms with Crippen LogP contribution in [0.4, 0.5) is 0 Å². The van der Waals surface area contributed by atoms with E-state index in [4.69, 9.17) is 37.9 Å². The maximum absolute atomic E-state index is 14.7. The standard InChI is InChI=1S/C52H82O22/c1-47(2)14-16-52(46(66)74-44-36(62)33(59)30(56)24(19-53)69-44)17-15-50(6)22(23(52)18-47)8-9-28-49(5)12-11-29(48(3,4)27(49)10-13-51(28,50)7)70-45-37(63)38(71-42-34(60)31(57)25(20-54)67-42)39(40(73-45)41(64)65)72-43-35(61)32(58)26(21-55)68-43/h8,23-40,42-45,53-63H,9-21H2,1-7H3,(H,64,65)/t23-,24+,25+,26+,27-,28-,29+,30+,31-,32-,33+,34+,35-,36+,37+,38-,39-,40-,42-,43-,44+,45-,49-,50+,51-,52-/m1/s1. The van der Waals surface area contributed by atoms with Crippen molar-refractivity contribution in [3.63, 3.8) is 0 Å². The van der Waals surface area contributed by atoms with Crippen LogP contribution in [0.1, 0.15) is 113 Å². The quantitative estimate of drug-likeness (QED) is 0.0655.